The second-order valence-electron chi connectivity index (χ2n) is 4.94. The Balaban J connectivity index is 2.38. The van der Waals surface area contributed by atoms with Crippen LogP contribution in [-0.2, 0) is 0 Å². The van der Waals surface area contributed by atoms with Gasteiger partial charge in [-0.3, -0.25) is 0 Å². The zero-order valence-electron chi connectivity index (χ0n) is 9.50. The van der Waals surface area contributed by atoms with Crippen LogP contribution in [0.3, 0.4) is 0 Å². The van der Waals surface area contributed by atoms with Crippen molar-refractivity contribution in [2.75, 3.05) is 0 Å². The van der Waals surface area contributed by atoms with Crippen LogP contribution in [0, 0.1) is 0 Å². The fourth-order valence-electron chi connectivity index (χ4n) is 2.34. The molecule has 0 nitrogen and oxygen atoms in total. The molecule has 0 spiro atoms. The molecule has 1 fully saturated rings. The molecular formula is C11H25P3. The lowest BCUT2D eigenvalue weighted by atomic mass is 9.99. The highest BCUT2D eigenvalue weighted by Crippen LogP contribution is 2.37. The minimum Gasteiger partial charge on any atom is -0.134 e. The maximum absolute atomic E-state index is 3.06. The molecule has 1 aliphatic rings. The first-order valence-electron chi connectivity index (χ1n) is 5.85. The van der Waals surface area contributed by atoms with E-state index < -0.39 is 0 Å². The average Bonchev–Trinajstić information content (AvgIpc) is 1.99. The molecule has 84 valence electrons. The van der Waals surface area contributed by atoms with E-state index in [1.807, 2.05) is 0 Å². The molecule has 0 bridgehead atoms. The lowest BCUT2D eigenvalue weighted by Crippen LogP contribution is -2.18. The van der Waals surface area contributed by atoms with E-state index in [-0.39, 0.29) is 0 Å². The summed E-state index contributed by atoms with van der Waals surface area (Å²) in [5.74, 6) is 0. The minimum atomic E-state index is 0.869. The molecule has 0 saturated heterocycles. The summed E-state index contributed by atoms with van der Waals surface area (Å²) < 4.78 is 0. The summed E-state index contributed by atoms with van der Waals surface area (Å²) >= 11 is 0. The lowest BCUT2D eigenvalue weighted by molar-refractivity contribution is 0.528. The van der Waals surface area contributed by atoms with Crippen LogP contribution in [0.5, 0.6) is 0 Å². The average molecular weight is 250 g/mol. The van der Waals surface area contributed by atoms with Gasteiger partial charge in [0.2, 0.25) is 0 Å². The van der Waals surface area contributed by atoms with Crippen molar-refractivity contribution in [2.45, 2.75) is 68.6 Å². The van der Waals surface area contributed by atoms with Crippen molar-refractivity contribution < 1.29 is 0 Å². The maximum Gasteiger partial charge on any atom is -0.0229 e. The van der Waals surface area contributed by atoms with Gasteiger partial charge in [-0.05, 0) is 48.3 Å². The Hall–Kier alpha value is 1.29. The highest BCUT2D eigenvalue weighted by Gasteiger charge is 2.19. The van der Waals surface area contributed by atoms with Crippen molar-refractivity contribution in [1.29, 1.82) is 0 Å². The van der Waals surface area contributed by atoms with E-state index in [0.29, 0.717) is 0 Å². The molecule has 1 saturated carbocycles. The third kappa shape index (κ3) is 5.39. The number of hydrogen-bond donors (Lipinski definition) is 0. The van der Waals surface area contributed by atoms with Gasteiger partial charge in [-0.2, -0.15) is 0 Å². The van der Waals surface area contributed by atoms with Crippen molar-refractivity contribution in [3.63, 3.8) is 0 Å². The van der Waals surface area contributed by atoms with Crippen LogP contribution in [0.15, 0.2) is 0 Å². The Morgan fingerprint density at radius 3 is 2.43 bits per heavy atom. The van der Waals surface area contributed by atoms with E-state index in [1.54, 1.807) is 0 Å². The van der Waals surface area contributed by atoms with Crippen molar-refractivity contribution in [3.8, 4) is 0 Å². The molecule has 0 radical (unpaired) electrons. The predicted octanol–water partition coefficient (Wildman–Crippen LogP) is 3.89. The molecule has 3 heteroatoms. The Morgan fingerprint density at radius 2 is 1.79 bits per heavy atom. The first kappa shape index (κ1) is 13.4. The normalized spacial score (nSPS) is 36.2. The zero-order valence-corrected chi connectivity index (χ0v) is 12.8. The standard InChI is InChI=1S/C11H25P3/c1-8(2)14-11-5-3-4-9(12)6-10(13)7-11/h8-11,14H,3-7,12-13H2,1-2H3. The summed E-state index contributed by atoms with van der Waals surface area (Å²) in [5.41, 5.74) is 3.67. The van der Waals surface area contributed by atoms with Crippen molar-refractivity contribution >= 4 is 27.1 Å². The smallest absolute Gasteiger partial charge is 0.0229 e. The summed E-state index contributed by atoms with van der Waals surface area (Å²) in [6, 6.07) is 0. The molecule has 0 N–H and O–H groups in total. The van der Waals surface area contributed by atoms with Crippen LogP contribution in [-0.4, -0.2) is 22.6 Å². The summed E-state index contributed by atoms with van der Waals surface area (Å²) in [4.78, 5) is 0. The summed E-state index contributed by atoms with van der Waals surface area (Å²) in [6.07, 6.45) is 7.21. The molecule has 0 aromatic carbocycles. The van der Waals surface area contributed by atoms with E-state index in [2.05, 4.69) is 32.3 Å². The van der Waals surface area contributed by atoms with Gasteiger partial charge in [0.25, 0.3) is 0 Å². The van der Waals surface area contributed by atoms with Gasteiger partial charge >= 0.3 is 0 Å². The van der Waals surface area contributed by atoms with Gasteiger partial charge in [0, 0.05) is 0 Å². The molecule has 1 aliphatic carbocycles. The minimum absolute atomic E-state index is 0.869. The zero-order chi connectivity index (χ0) is 10.6. The Kier molecular flexibility index (Phi) is 6.47. The van der Waals surface area contributed by atoms with E-state index in [9.17, 15) is 0 Å². The second-order valence-corrected chi connectivity index (χ2v) is 9.13. The number of hydrogen-bond acceptors (Lipinski definition) is 0. The van der Waals surface area contributed by atoms with Crippen LogP contribution in [0.4, 0.5) is 0 Å². The summed E-state index contributed by atoms with van der Waals surface area (Å²) in [5, 5.41) is 0. The molecule has 0 amide bonds. The SMILES string of the molecule is CC(C)PC1CCCC(P)CC(P)C1. The fraction of sp³-hybridized carbons (Fsp3) is 1.00. The lowest BCUT2D eigenvalue weighted by Gasteiger charge is -2.28. The van der Waals surface area contributed by atoms with Crippen molar-refractivity contribution in [3.05, 3.63) is 0 Å². The summed E-state index contributed by atoms with van der Waals surface area (Å²) in [7, 11) is 7.27. The molecule has 0 aromatic rings. The van der Waals surface area contributed by atoms with Crippen LogP contribution in [0.1, 0.15) is 46.0 Å². The molecule has 14 heavy (non-hydrogen) atoms. The van der Waals surface area contributed by atoms with E-state index in [0.717, 1.165) is 22.6 Å². The second kappa shape index (κ2) is 6.78. The maximum atomic E-state index is 3.06. The third-order valence-electron chi connectivity index (χ3n) is 2.89. The molecule has 0 heterocycles. The fourth-order valence-corrected chi connectivity index (χ4v) is 5.94. The van der Waals surface area contributed by atoms with Crippen LogP contribution < -0.4 is 0 Å². The van der Waals surface area contributed by atoms with E-state index in [1.165, 1.54) is 40.7 Å². The van der Waals surface area contributed by atoms with Gasteiger partial charge in [0.05, 0.1) is 0 Å². The van der Waals surface area contributed by atoms with Crippen LogP contribution in [0.2, 0.25) is 0 Å². The third-order valence-corrected chi connectivity index (χ3v) is 5.70. The van der Waals surface area contributed by atoms with Gasteiger partial charge < -0.3 is 0 Å². The summed E-state index contributed by atoms with van der Waals surface area (Å²) in [6.45, 7) is 4.74. The van der Waals surface area contributed by atoms with E-state index in [4.69, 9.17) is 0 Å². The van der Waals surface area contributed by atoms with Gasteiger partial charge in [-0.25, -0.2) is 0 Å². The molecule has 0 aromatic heterocycles. The molecule has 6 unspecified atom stereocenters. The van der Waals surface area contributed by atoms with Crippen molar-refractivity contribution in [2.24, 2.45) is 0 Å². The highest BCUT2D eigenvalue weighted by atomic mass is 31.1. The predicted molar refractivity (Wildman–Crippen MR) is 77.3 cm³/mol. The van der Waals surface area contributed by atoms with Crippen molar-refractivity contribution in [1.82, 2.24) is 0 Å². The first-order chi connectivity index (χ1) is 6.58. The molecule has 6 atom stereocenters. The Bertz CT molecular complexity index is 159. The Labute approximate surface area is 96.0 Å². The monoisotopic (exact) mass is 250 g/mol. The van der Waals surface area contributed by atoms with Gasteiger partial charge in [-0.15, -0.1) is 27.1 Å². The number of rotatable bonds is 2. The van der Waals surface area contributed by atoms with Gasteiger partial charge in [0.1, 0.15) is 0 Å². The van der Waals surface area contributed by atoms with Crippen LogP contribution in [0.25, 0.3) is 0 Å². The highest BCUT2D eigenvalue weighted by molar-refractivity contribution is 7.39. The molecule has 0 aliphatic heterocycles. The van der Waals surface area contributed by atoms with Gasteiger partial charge in [-0.1, -0.05) is 20.3 Å². The topological polar surface area (TPSA) is 0 Å². The Morgan fingerprint density at radius 1 is 1.07 bits per heavy atom. The quantitative estimate of drug-likeness (QED) is 0.652. The first-order valence-corrected chi connectivity index (χ1v) is 8.34. The molecular weight excluding hydrogens is 225 g/mol. The molecule has 1 rings (SSSR count). The largest absolute Gasteiger partial charge is 0.134 e. The van der Waals surface area contributed by atoms with Gasteiger partial charge in [0.15, 0.2) is 0 Å². The van der Waals surface area contributed by atoms with Crippen LogP contribution >= 0.6 is 27.1 Å². The van der Waals surface area contributed by atoms with E-state index >= 15 is 0 Å².